The van der Waals surface area contributed by atoms with E-state index in [1.54, 1.807) is 0 Å². The normalized spacial score (nSPS) is 26.2. The van der Waals surface area contributed by atoms with Crippen molar-refractivity contribution < 1.29 is 5.11 Å². The number of aromatic nitrogens is 2. The van der Waals surface area contributed by atoms with Gasteiger partial charge in [-0.05, 0) is 25.3 Å². The van der Waals surface area contributed by atoms with Crippen molar-refractivity contribution in [2.45, 2.75) is 38.5 Å². The smallest absolute Gasteiger partial charge is 0.0693 e. The van der Waals surface area contributed by atoms with Gasteiger partial charge in [-0.3, -0.25) is 4.68 Å². The van der Waals surface area contributed by atoms with Crippen LogP contribution in [0.15, 0.2) is 6.20 Å². The van der Waals surface area contributed by atoms with Crippen molar-refractivity contribution in [2.75, 3.05) is 0 Å². The van der Waals surface area contributed by atoms with Gasteiger partial charge in [0, 0.05) is 19.6 Å². The second kappa shape index (κ2) is 3.71. The molecule has 1 heterocycles. The molecule has 0 unspecified atom stereocenters. The van der Waals surface area contributed by atoms with Crippen LogP contribution >= 0.6 is 0 Å². The predicted molar refractivity (Wildman–Crippen MR) is 53.8 cm³/mol. The van der Waals surface area contributed by atoms with Crippen LogP contribution in [-0.2, 0) is 13.6 Å². The molecule has 0 amide bonds. The zero-order valence-electron chi connectivity index (χ0n) is 8.70. The molecule has 1 aliphatic carbocycles. The largest absolute Gasteiger partial charge is 0.392 e. The maximum atomic E-state index is 9.39. The van der Waals surface area contributed by atoms with E-state index >= 15 is 0 Å². The molecule has 1 aromatic heterocycles. The van der Waals surface area contributed by atoms with Crippen LogP contribution in [0.1, 0.15) is 24.1 Å². The van der Waals surface area contributed by atoms with E-state index in [2.05, 4.69) is 17.3 Å². The number of rotatable bonds is 3. The van der Waals surface area contributed by atoms with Crippen molar-refractivity contribution in [3.05, 3.63) is 17.5 Å². The first kappa shape index (κ1) is 9.68. The zero-order chi connectivity index (χ0) is 10.1. The maximum Gasteiger partial charge on any atom is 0.0693 e. The van der Waals surface area contributed by atoms with Gasteiger partial charge >= 0.3 is 0 Å². The van der Waals surface area contributed by atoms with Gasteiger partial charge < -0.3 is 10.4 Å². The Kier molecular flexibility index (Phi) is 2.56. The number of aryl methyl sites for hydroxylation is 2. The van der Waals surface area contributed by atoms with Crippen LogP contribution in [0, 0.1) is 6.92 Å². The fourth-order valence-electron chi connectivity index (χ4n) is 1.77. The summed E-state index contributed by atoms with van der Waals surface area (Å²) in [5, 5.41) is 16.9. The van der Waals surface area contributed by atoms with Gasteiger partial charge in [0.2, 0.25) is 0 Å². The van der Waals surface area contributed by atoms with Crippen molar-refractivity contribution in [3.63, 3.8) is 0 Å². The lowest BCUT2D eigenvalue weighted by Crippen LogP contribution is -2.47. The minimum Gasteiger partial charge on any atom is -0.392 e. The van der Waals surface area contributed by atoms with Gasteiger partial charge in [-0.25, -0.2) is 0 Å². The fraction of sp³-hybridized carbons (Fsp3) is 0.700. The van der Waals surface area contributed by atoms with E-state index in [4.69, 9.17) is 0 Å². The van der Waals surface area contributed by atoms with Crippen LogP contribution in [0.2, 0.25) is 0 Å². The van der Waals surface area contributed by atoms with Crippen LogP contribution in [0.3, 0.4) is 0 Å². The van der Waals surface area contributed by atoms with Gasteiger partial charge in [0.25, 0.3) is 0 Å². The van der Waals surface area contributed by atoms with Gasteiger partial charge in [0.1, 0.15) is 0 Å². The molecule has 0 aliphatic heterocycles. The lowest BCUT2D eigenvalue weighted by molar-refractivity contribution is 0.0489. The van der Waals surface area contributed by atoms with Crippen molar-refractivity contribution >= 4 is 0 Å². The third-order valence-corrected chi connectivity index (χ3v) is 3.04. The molecular weight excluding hydrogens is 178 g/mol. The molecule has 4 nitrogen and oxygen atoms in total. The molecule has 1 aromatic rings. The average molecular weight is 195 g/mol. The zero-order valence-corrected chi connectivity index (χ0v) is 8.70. The van der Waals surface area contributed by atoms with E-state index in [0.29, 0.717) is 0 Å². The highest BCUT2D eigenvalue weighted by Crippen LogP contribution is 2.20. The Balaban J connectivity index is 1.91. The second-order valence-corrected chi connectivity index (χ2v) is 4.03. The Hall–Kier alpha value is -0.870. The van der Waals surface area contributed by atoms with Crippen LogP contribution in [0.4, 0.5) is 0 Å². The standard InChI is InChI=1S/C10H17N3O/c1-7-5-12-13(2)9(7)6-11-8-3-4-10(8)14/h5,8,10-11,14H,3-4,6H2,1-2H3/t8-,10-/m1/s1. The molecule has 2 atom stereocenters. The first-order valence-electron chi connectivity index (χ1n) is 5.07. The van der Waals surface area contributed by atoms with E-state index in [1.165, 1.54) is 11.3 Å². The summed E-state index contributed by atoms with van der Waals surface area (Å²) in [6.07, 6.45) is 3.73. The van der Waals surface area contributed by atoms with E-state index in [9.17, 15) is 5.11 Å². The van der Waals surface area contributed by atoms with Crippen LogP contribution < -0.4 is 5.32 Å². The van der Waals surface area contributed by atoms with E-state index in [-0.39, 0.29) is 12.1 Å². The highest BCUT2D eigenvalue weighted by molar-refractivity contribution is 5.15. The second-order valence-electron chi connectivity index (χ2n) is 4.03. The molecule has 0 aromatic carbocycles. The van der Waals surface area contributed by atoms with Crippen LogP contribution in [0.25, 0.3) is 0 Å². The third-order valence-electron chi connectivity index (χ3n) is 3.04. The lowest BCUT2D eigenvalue weighted by atomic mass is 9.89. The third kappa shape index (κ3) is 1.67. The van der Waals surface area contributed by atoms with E-state index in [0.717, 1.165) is 19.4 Å². The van der Waals surface area contributed by atoms with Gasteiger partial charge in [0.15, 0.2) is 0 Å². The topological polar surface area (TPSA) is 50.1 Å². The highest BCUT2D eigenvalue weighted by atomic mass is 16.3. The molecule has 1 fully saturated rings. The van der Waals surface area contributed by atoms with Crippen molar-refractivity contribution in [1.82, 2.24) is 15.1 Å². The van der Waals surface area contributed by atoms with Gasteiger partial charge in [0.05, 0.1) is 18.0 Å². The Morgan fingerprint density at radius 3 is 2.86 bits per heavy atom. The molecule has 0 radical (unpaired) electrons. The first-order chi connectivity index (χ1) is 6.68. The molecule has 4 heteroatoms. The van der Waals surface area contributed by atoms with Crippen molar-refractivity contribution in [2.24, 2.45) is 7.05 Å². The van der Waals surface area contributed by atoms with E-state index in [1.807, 2.05) is 17.9 Å². The van der Waals surface area contributed by atoms with Gasteiger partial charge in [-0.1, -0.05) is 0 Å². The fourth-order valence-corrected chi connectivity index (χ4v) is 1.77. The summed E-state index contributed by atoms with van der Waals surface area (Å²) in [5.74, 6) is 0. The summed E-state index contributed by atoms with van der Waals surface area (Å²) < 4.78 is 1.88. The highest BCUT2D eigenvalue weighted by Gasteiger charge is 2.28. The Morgan fingerprint density at radius 2 is 2.43 bits per heavy atom. The molecule has 14 heavy (non-hydrogen) atoms. The van der Waals surface area contributed by atoms with Crippen LogP contribution in [0.5, 0.6) is 0 Å². The molecule has 78 valence electrons. The summed E-state index contributed by atoms with van der Waals surface area (Å²) in [6, 6.07) is 0.282. The average Bonchev–Trinajstić information content (AvgIpc) is 2.46. The first-order valence-corrected chi connectivity index (χ1v) is 5.07. The van der Waals surface area contributed by atoms with Gasteiger partial charge in [-0.15, -0.1) is 0 Å². The summed E-state index contributed by atoms with van der Waals surface area (Å²) in [6.45, 7) is 2.85. The molecule has 2 N–H and O–H groups in total. The SMILES string of the molecule is Cc1cnn(C)c1CN[C@@H]1CC[C@H]1O. The summed E-state index contributed by atoms with van der Waals surface area (Å²) in [4.78, 5) is 0. The Morgan fingerprint density at radius 1 is 1.64 bits per heavy atom. The molecule has 0 spiro atoms. The van der Waals surface area contributed by atoms with E-state index < -0.39 is 0 Å². The van der Waals surface area contributed by atoms with Crippen molar-refractivity contribution in [1.29, 1.82) is 0 Å². The monoisotopic (exact) mass is 195 g/mol. The minimum absolute atomic E-state index is 0.150. The quantitative estimate of drug-likeness (QED) is 0.731. The molecular formula is C10H17N3O. The number of hydrogen-bond acceptors (Lipinski definition) is 3. The maximum absolute atomic E-state index is 9.39. The Bertz CT molecular complexity index is 302. The van der Waals surface area contributed by atoms with Crippen molar-refractivity contribution in [3.8, 4) is 0 Å². The molecule has 2 rings (SSSR count). The lowest BCUT2D eigenvalue weighted by Gasteiger charge is -2.33. The van der Waals surface area contributed by atoms with Gasteiger partial charge in [-0.2, -0.15) is 5.10 Å². The minimum atomic E-state index is -0.150. The Labute approximate surface area is 83.9 Å². The molecule has 1 saturated carbocycles. The predicted octanol–water partition coefficient (Wildman–Crippen LogP) is 0.341. The number of nitrogens with zero attached hydrogens (tertiary/aromatic N) is 2. The molecule has 0 saturated heterocycles. The van der Waals surface area contributed by atoms with Crippen LogP contribution in [-0.4, -0.2) is 27.0 Å². The summed E-state index contributed by atoms with van der Waals surface area (Å²) in [7, 11) is 1.95. The summed E-state index contributed by atoms with van der Waals surface area (Å²) >= 11 is 0. The molecule has 1 aliphatic rings. The number of aliphatic hydroxyl groups is 1. The number of nitrogens with one attached hydrogen (secondary N) is 1. The number of hydrogen-bond donors (Lipinski definition) is 2. The molecule has 0 bridgehead atoms. The number of aliphatic hydroxyl groups excluding tert-OH is 1. The summed E-state index contributed by atoms with van der Waals surface area (Å²) in [5.41, 5.74) is 2.40.